The zero-order valence-electron chi connectivity index (χ0n) is 7.91. The van der Waals surface area contributed by atoms with E-state index in [1.807, 2.05) is 20.8 Å². The molecule has 0 bridgehead atoms. The van der Waals surface area contributed by atoms with Gasteiger partial charge in [-0.2, -0.15) is 0 Å². The van der Waals surface area contributed by atoms with Gasteiger partial charge < -0.3 is 10.2 Å². The minimum atomic E-state index is -1.43. The first-order chi connectivity index (χ1) is 4.48. The van der Waals surface area contributed by atoms with Gasteiger partial charge in [-0.15, -0.1) is 24.8 Å². The average Bonchev–Trinajstić information content (AvgIpc) is 1.59. The van der Waals surface area contributed by atoms with Crippen LogP contribution in [0.3, 0.4) is 0 Å². The topological polar surface area (TPSA) is 40.5 Å². The number of hydrogen-bond donors (Lipinski definition) is 2. The van der Waals surface area contributed by atoms with E-state index in [9.17, 15) is 10.2 Å². The lowest BCUT2D eigenvalue weighted by molar-refractivity contribution is -0.176. The zero-order valence-corrected chi connectivity index (χ0v) is 9.54. The van der Waals surface area contributed by atoms with Crippen molar-refractivity contribution in [1.82, 2.24) is 0 Å². The molecule has 0 aromatic carbocycles. The summed E-state index contributed by atoms with van der Waals surface area (Å²) in [6.07, 6.45) is 1.77. The van der Waals surface area contributed by atoms with E-state index in [1.165, 1.54) is 0 Å². The summed E-state index contributed by atoms with van der Waals surface area (Å²) >= 11 is 0. The number of hydrogen-bond acceptors (Lipinski definition) is 2. The zero-order chi connectivity index (χ0) is 8.20. The summed E-state index contributed by atoms with van der Waals surface area (Å²) in [5.41, 5.74) is 0. The molecule has 0 aromatic heterocycles. The molecular weight excluding hydrogens is 199 g/mol. The van der Waals surface area contributed by atoms with Crippen LogP contribution >= 0.6 is 24.8 Å². The Bertz CT molecular complexity index is 95.1. The van der Waals surface area contributed by atoms with Crippen LogP contribution in [0.4, 0.5) is 0 Å². The molecule has 0 radical (unpaired) electrons. The van der Waals surface area contributed by atoms with E-state index >= 15 is 0 Å². The summed E-state index contributed by atoms with van der Waals surface area (Å²) in [6.45, 7) is 5.91. The number of halogens is 2. The molecular formula is C8H20Cl2O2. The third-order valence-electron chi connectivity index (χ3n) is 1.39. The number of rotatable bonds is 4. The third-order valence-corrected chi connectivity index (χ3v) is 1.39. The maximum Gasteiger partial charge on any atom is 0.162 e. The van der Waals surface area contributed by atoms with Crippen LogP contribution in [0.1, 0.15) is 40.0 Å². The van der Waals surface area contributed by atoms with E-state index < -0.39 is 5.79 Å². The highest BCUT2D eigenvalue weighted by atomic mass is 35.5. The highest BCUT2D eigenvalue weighted by Gasteiger charge is 2.22. The fourth-order valence-corrected chi connectivity index (χ4v) is 1.16. The molecule has 0 amide bonds. The minimum absolute atomic E-state index is 0. The van der Waals surface area contributed by atoms with Gasteiger partial charge >= 0.3 is 0 Å². The maximum atomic E-state index is 9.24. The molecule has 78 valence electrons. The van der Waals surface area contributed by atoms with Crippen molar-refractivity contribution < 1.29 is 10.2 Å². The molecule has 0 spiro atoms. The third kappa shape index (κ3) is 10.5. The Hall–Kier alpha value is 0.500. The van der Waals surface area contributed by atoms with E-state index in [2.05, 4.69) is 0 Å². The Balaban J connectivity index is -0.000000405. The highest BCUT2D eigenvalue weighted by Crippen LogP contribution is 2.18. The molecule has 0 fully saturated rings. The van der Waals surface area contributed by atoms with Crippen molar-refractivity contribution in [1.29, 1.82) is 0 Å². The fraction of sp³-hybridized carbons (Fsp3) is 1.00. The van der Waals surface area contributed by atoms with Gasteiger partial charge in [-0.25, -0.2) is 0 Å². The van der Waals surface area contributed by atoms with Crippen LogP contribution in [-0.2, 0) is 0 Å². The van der Waals surface area contributed by atoms with Gasteiger partial charge in [0.2, 0.25) is 0 Å². The molecule has 0 aliphatic heterocycles. The normalized spacial score (nSPS) is 10.5. The van der Waals surface area contributed by atoms with Crippen molar-refractivity contribution in [2.45, 2.75) is 45.8 Å². The van der Waals surface area contributed by atoms with Crippen molar-refractivity contribution in [3.05, 3.63) is 0 Å². The second-order valence-electron chi connectivity index (χ2n) is 3.33. The molecule has 2 N–H and O–H groups in total. The Morgan fingerprint density at radius 2 is 1.58 bits per heavy atom. The van der Waals surface area contributed by atoms with Crippen LogP contribution in [0.5, 0.6) is 0 Å². The quantitative estimate of drug-likeness (QED) is 0.712. The average molecular weight is 219 g/mol. The Morgan fingerprint density at radius 1 is 1.17 bits per heavy atom. The van der Waals surface area contributed by atoms with Crippen LogP contribution in [0, 0.1) is 5.92 Å². The maximum absolute atomic E-state index is 9.24. The summed E-state index contributed by atoms with van der Waals surface area (Å²) in [5, 5.41) is 18.5. The molecule has 0 unspecified atom stereocenters. The van der Waals surface area contributed by atoms with Gasteiger partial charge in [0.15, 0.2) is 5.79 Å². The standard InChI is InChI=1S/C8H18O2.2ClH/c1-4-5-8(9,10)6-7(2)3;;/h7,9-10H,4-6H2,1-3H3;2*1H. The summed E-state index contributed by atoms with van der Waals surface area (Å²) in [5.74, 6) is -1.08. The lowest BCUT2D eigenvalue weighted by Crippen LogP contribution is -2.29. The Morgan fingerprint density at radius 3 is 1.83 bits per heavy atom. The molecule has 0 aliphatic rings. The van der Waals surface area contributed by atoms with Gasteiger partial charge in [-0.1, -0.05) is 27.2 Å². The van der Waals surface area contributed by atoms with Gasteiger partial charge in [0.25, 0.3) is 0 Å². The molecule has 0 rings (SSSR count). The molecule has 0 saturated heterocycles. The van der Waals surface area contributed by atoms with Crippen LogP contribution in [0.15, 0.2) is 0 Å². The van der Waals surface area contributed by atoms with E-state index in [0.29, 0.717) is 18.8 Å². The van der Waals surface area contributed by atoms with Crippen LogP contribution in [0.25, 0.3) is 0 Å². The molecule has 4 heteroatoms. The van der Waals surface area contributed by atoms with Gasteiger partial charge in [0, 0.05) is 12.8 Å². The van der Waals surface area contributed by atoms with E-state index in [0.717, 1.165) is 6.42 Å². The van der Waals surface area contributed by atoms with Crippen molar-refractivity contribution in [3.8, 4) is 0 Å². The Labute approximate surface area is 87.2 Å². The van der Waals surface area contributed by atoms with Crippen LogP contribution < -0.4 is 0 Å². The summed E-state index contributed by atoms with van der Waals surface area (Å²) in [7, 11) is 0. The van der Waals surface area contributed by atoms with E-state index in [4.69, 9.17) is 0 Å². The molecule has 0 heterocycles. The van der Waals surface area contributed by atoms with Crippen molar-refractivity contribution in [3.63, 3.8) is 0 Å². The second-order valence-corrected chi connectivity index (χ2v) is 3.33. The lowest BCUT2D eigenvalue weighted by atomic mass is 9.99. The summed E-state index contributed by atoms with van der Waals surface area (Å²) < 4.78 is 0. The minimum Gasteiger partial charge on any atom is -0.366 e. The molecule has 12 heavy (non-hydrogen) atoms. The van der Waals surface area contributed by atoms with Gasteiger partial charge in [0.05, 0.1) is 0 Å². The summed E-state index contributed by atoms with van der Waals surface area (Å²) in [4.78, 5) is 0. The SMILES string of the molecule is CCCC(O)(O)CC(C)C.Cl.Cl. The Kier molecular flexibility index (Phi) is 12.4. The summed E-state index contributed by atoms with van der Waals surface area (Å²) in [6, 6.07) is 0. The molecule has 0 aliphatic carbocycles. The molecule has 0 aromatic rings. The van der Waals surface area contributed by atoms with E-state index in [-0.39, 0.29) is 24.8 Å². The largest absolute Gasteiger partial charge is 0.366 e. The molecule has 0 saturated carbocycles. The predicted molar refractivity (Wildman–Crippen MR) is 56.0 cm³/mol. The van der Waals surface area contributed by atoms with Crippen LogP contribution in [0.2, 0.25) is 0 Å². The van der Waals surface area contributed by atoms with Crippen molar-refractivity contribution in [2.24, 2.45) is 5.92 Å². The first-order valence-electron chi connectivity index (χ1n) is 3.92. The highest BCUT2D eigenvalue weighted by molar-refractivity contribution is 5.85. The van der Waals surface area contributed by atoms with Gasteiger partial charge in [-0.05, 0) is 5.92 Å². The van der Waals surface area contributed by atoms with Gasteiger partial charge in [-0.3, -0.25) is 0 Å². The molecule has 0 atom stereocenters. The first kappa shape index (κ1) is 18.3. The van der Waals surface area contributed by atoms with Crippen molar-refractivity contribution >= 4 is 24.8 Å². The van der Waals surface area contributed by atoms with Crippen LogP contribution in [-0.4, -0.2) is 16.0 Å². The monoisotopic (exact) mass is 218 g/mol. The predicted octanol–water partition coefficient (Wildman–Crippen LogP) is 2.36. The fourth-order valence-electron chi connectivity index (χ4n) is 1.16. The molecule has 2 nitrogen and oxygen atoms in total. The van der Waals surface area contributed by atoms with E-state index in [1.54, 1.807) is 0 Å². The first-order valence-corrected chi connectivity index (χ1v) is 3.92. The smallest absolute Gasteiger partial charge is 0.162 e. The van der Waals surface area contributed by atoms with Gasteiger partial charge in [0.1, 0.15) is 0 Å². The second kappa shape index (κ2) is 8.11. The van der Waals surface area contributed by atoms with Crippen molar-refractivity contribution in [2.75, 3.05) is 0 Å². The lowest BCUT2D eigenvalue weighted by Gasteiger charge is -2.22. The number of aliphatic hydroxyl groups is 2.